The number of benzene rings is 2. The maximum Gasteiger partial charge on any atom is 0.363 e. The van der Waals surface area contributed by atoms with Gasteiger partial charge < -0.3 is 29.8 Å². The van der Waals surface area contributed by atoms with Crippen LogP contribution in [-0.2, 0) is 14.2 Å². The average Bonchev–Trinajstić information content (AvgIpc) is 3.46. The van der Waals surface area contributed by atoms with Crippen molar-refractivity contribution in [3.63, 3.8) is 0 Å². The Bertz CT molecular complexity index is 1990. The molecule has 5 fully saturated rings. The molecule has 8 rings (SSSR count). The molecule has 3 saturated heterocycles. The third-order valence-corrected chi connectivity index (χ3v) is 14.8. The summed E-state index contributed by atoms with van der Waals surface area (Å²) >= 11 is 1.11. The van der Waals surface area contributed by atoms with Crippen molar-refractivity contribution in [1.29, 1.82) is 0 Å². The zero-order valence-electron chi connectivity index (χ0n) is 30.1. The number of amides is 3. The van der Waals surface area contributed by atoms with Crippen LogP contribution in [0.25, 0.3) is 10.1 Å². The fourth-order valence-corrected chi connectivity index (χ4v) is 11.2. The first-order valence-electron chi connectivity index (χ1n) is 18.9. The Morgan fingerprint density at radius 2 is 1.74 bits per heavy atom. The number of fused-ring (bicyclic) bond motifs is 2. The second-order valence-electron chi connectivity index (χ2n) is 16.2. The normalized spacial score (nSPS) is 29.7. The number of thiophene rings is 1. The highest BCUT2D eigenvalue weighted by atomic mass is 32.1. The maximum absolute atomic E-state index is 14.7. The van der Waals surface area contributed by atoms with Gasteiger partial charge in [-0.05, 0) is 99.5 Å². The van der Waals surface area contributed by atoms with E-state index in [0.717, 1.165) is 30.6 Å². The number of nitrogens with one attached hydrogen (secondary N) is 1. The number of rotatable bonds is 8. The van der Waals surface area contributed by atoms with Gasteiger partial charge in [0, 0.05) is 53.7 Å². The second-order valence-corrected chi connectivity index (χ2v) is 18.9. The van der Waals surface area contributed by atoms with Gasteiger partial charge in [-0.25, -0.2) is 13.2 Å². The van der Waals surface area contributed by atoms with Gasteiger partial charge in [0.1, 0.15) is 12.1 Å². The third kappa shape index (κ3) is 7.13. The van der Waals surface area contributed by atoms with Crippen LogP contribution in [-0.4, -0.2) is 97.5 Å². The Hall–Kier alpha value is -3.29. The lowest BCUT2D eigenvalue weighted by molar-refractivity contribution is -0.148. The van der Waals surface area contributed by atoms with Crippen molar-refractivity contribution in [3.8, 4) is 0 Å². The van der Waals surface area contributed by atoms with Gasteiger partial charge in [-0.15, -0.1) is 11.3 Å². The summed E-state index contributed by atoms with van der Waals surface area (Å²) in [6.45, 7) is 0.582. The van der Waals surface area contributed by atoms with Crippen molar-refractivity contribution in [2.75, 3.05) is 13.6 Å². The number of hydrogen-bond acceptors (Lipinski definition) is 6. The summed E-state index contributed by atoms with van der Waals surface area (Å²) in [5.41, 5.74) is 0.781. The Kier molecular flexibility index (Phi) is 9.77. The molecule has 0 radical (unpaired) electrons. The summed E-state index contributed by atoms with van der Waals surface area (Å²) in [7, 11) is -3.16. The van der Waals surface area contributed by atoms with E-state index in [1.165, 1.54) is 29.8 Å². The van der Waals surface area contributed by atoms with Crippen LogP contribution >= 0.6 is 18.9 Å². The van der Waals surface area contributed by atoms with Crippen molar-refractivity contribution in [3.05, 3.63) is 70.6 Å². The lowest BCUT2D eigenvalue weighted by atomic mass is 9.92. The van der Waals surface area contributed by atoms with Crippen LogP contribution < -0.4 is 5.32 Å². The first-order chi connectivity index (χ1) is 25.6. The largest absolute Gasteiger partial charge is 0.363 e. The Balaban J connectivity index is 1.06. The van der Waals surface area contributed by atoms with Crippen LogP contribution in [0.5, 0.6) is 0 Å². The zero-order valence-corrected chi connectivity index (χ0v) is 31.8. The molecule has 2 aliphatic carbocycles. The van der Waals surface area contributed by atoms with Crippen LogP contribution in [0, 0.1) is 0 Å². The van der Waals surface area contributed by atoms with Gasteiger partial charge in [0.15, 0.2) is 0 Å². The second kappa shape index (κ2) is 14.0. The average molecular weight is 787 g/mol. The lowest BCUT2D eigenvalue weighted by Crippen LogP contribution is -2.59. The minimum atomic E-state index is -5.04. The topological polar surface area (TPSA) is 130 Å². The number of alkyl halides is 3. The molecule has 1 aromatic heterocycles. The molecule has 2 aromatic carbocycles. The van der Waals surface area contributed by atoms with Crippen LogP contribution in [0.1, 0.15) is 103 Å². The first-order valence-corrected chi connectivity index (χ1v) is 21.4. The highest BCUT2D eigenvalue weighted by molar-refractivity contribution is 7.51. The van der Waals surface area contributed by atoms with Crippen molar-refractivity contribution >= 4 is 46.7 Å². The third-order valence-electron chi connectivity index (χ3n) is 12.8. The smallest absolute Gasteiger partial charge is 0.340 e. The molecule has 0 unspecified atom stereocenters. The standard InChI is InChI=1S/C39H46F3N4O6PS/c1-44(29-13-14-39(41,42)21-29)27-8-10-30(43-35(47)33-18-25-17-24(7-12-32(25)54-33)34(40)53(50,51)52)36(48)46-28(19-27)9-11-31(46)37(49)45-22-26(20-38(45)15-16-38)23-5-3-2-4-6-23/h2-7,12,17-18,26-31,34H,8-11,13-16,19-22H2,1H3,(H,43,47)(H2,50,51,52)/t26-,27+,28-,29+,30+,31+,34+/m1/s1. The molecule has 1 spiro atoms. The minimum absolute atomic E-state index is 0.0606. The molecule has 290 valence electrons. The van der Waals surface area contributed by atoms with E-state index in [4.69, 9.17) is 0 Å². The van der Waals surface area contributed by atoms with Crippen LogP contribution in [0.4, 0.5) is 13.2 Å². The molecule has 7 atom stereocenters. The van der Waals surface area contributed by atoms with Gasteiger partial charge in [0.25, 0.3) is 5.91 Å². The molecular formula is C39H46F3N4O6PS. The SMILES string of the molecule is CN([C@H]1CC[C@H](NC(=O)c2cc3cc([C@@H](F)P(=O)(O)O)ccc3s2)C(=O)N2[C@H](CC[C@H]2C(=O)N2C[C@H](c3ccccc3)CC23CC3)C1)[C@H]1CCC(F)(F)C1. The predicted molar refractivity (Wildman–Crippen MR) is 198 cm³/mol. The lowest BCUT2D eigenvalue weighted by Gasteiger charge is -2.42. The molecule has 4 heterocycles. The fourth-order valence-electron chi connectivity index (χ4n) is 9.72. The summed E-state index contributed by atoms with van der Waals surface area (Å²) in [5, 5.41) is 3.36. The molecule has 10 nitrogen and oxygen atoms in total. The molecule has 3 N–H and O–H groups in total. The van der Waals surface area contributed by atoms with Crippen LogP contribution in [0.3, 0.4) is 0 Å². The highest BCUT2D eigenvalue weighted by Crippen LogP contribution is 2.55. The number of carbonyl (C=O) groups is 3. The molecule has 0 bridgehead atoms. The number of hydrogen-bond donors (Lipinski definition) is 3. The van der Waals surface area contributed by atoms with Crippen molar-refractivity contribution < 1.29 is 41.9 Å². The Morgan fingerprint density at radius 3 is 2.43 bits per heavy atom. The number of halogens is 3. The quantitative estimate of drug-likeness (QED) is 0.216. The predicted octanol–water partition coefficient (Wildman–Crippen LogP) is 6.73. The van der Waals surface area contributed by atoms with E-state index in [1.54, 1.807) is 4.90 Å². The molecule has 15 heteroatoms. The van der Waals surface area contributed by atoms with Gasteiger partial charge in [0.05, 0.1) is 4.88 Å². The summed E-state index contributed by atoms with van der Waals surface area (Å²) in [5.74, 6) is -5.94. The Labute approximate surface area is 316 Å². The van der Waals surface area contributed by atoms with E-state index in [9.17, 15) is 41.9 Å². The van der Waals surface area contributed by atoms with E-state index in [2.05, 4.69) is 17.4 Å². The number of nitrogens with zero attached hydrogens (tertiary/aromatic N) is 3. The van der Waals surface area contributed by atoms with Gasteiger partial charge in [-0.1, -0.05) is 36.4 Å². The van der Waals surface area contributed by atoms with Crippen LogP contribution in [0.15, 0.2) is 54.6 Å². The monoisotopic (exact) mass is 786 g/mol. The fraction of sp³-hybridized carbons (Fsp3) is 0.564. The highest BCUT2D eigenvalue weighted by Gasteiger charge is 2.59. The molecule has 2 saturated carbocycles. The Morgan fingerprint density at radius 1 is 0.981 bits per heavy atom. The molecule has 3 amide bonds. The van der Waals surface area contributed by atoms with Gasteiger partial charge in [-0.3, -0.25) is 18.9 Å². The maximum atomic E-state index is 14.7. The molecular weight excluding hydrogens is 740 g/mol. The van der Waals surface area contributed by atoms with E-state index in [1.807, 2.05) is 35.0 Å². The minimum Gasteiger partial charge on any atom is -0.340 e. The number of carbonyl (C=O) groups excluding carboxylic acids is 3. The van der Waals surface area contributed by atoms with Gasteiger partial charge >= 0.3 is 7.60 Å². The first kappa shape index (κ1) is 37.6. The number of likely N-dealkylation sites (tertiary alicyclic amines) is 1. The molecule has 5 aliphatic rings. The van der Waals surface area contributed by atoms with Gasteiger partial charge in [-0.2, -0.15) is 0 Å². The van der Waals surface area contributed by atoms with Gasteiger partial charge in [0.2, 0.25) is 23.6 Å². The summed E-state index contributed by atoms with van der Waals surface area (Å²) < 4.78 is 55.3. The van der Waals surface area contributed by atoms with E-state index < -0.39 is 37.4 Å². The summed E-state index contributed by atoms with van der Waals surface area (Å²) in [6, 6.07) is 13.4. The van der Waals surface area contributed by atoms with E-state index >= 15 is 0 Å². The van der Waals surface area contributed by atoms with Crippen molar-refractivity contribution in [1.82, 2.24) is 20.0 Å². The molecule has 3 aromatic rings. The molecule has 3 aliphatic heterocycles. The summed E-state index contributed by atoms with van der Waals surface area (Å²) in [6.07, 6.45) is 5.08. The zero-order chi connectivity index (χ0) is 38.2. The van der Waals surface area contributed by atoms with Crippen molar-refractivity contribution in [2.45, 2.75) is 124 Å². The van der Waals surface area contributed by atoms with E-state index in [-0.39, 0.29) is 71.1 Å². The van der Waals surface area contributed by atoms with Crippen LogP contribution in [0.2, 0.25) is 0 Å². The van der Waals surface area contributed by atoms with Crippen molar-refractivity contribution in [2.24, 2.45) is 0 Å². The van der Waals surface area contributed by atoms with E-state index in [0.29, 0.717) is 48.7 Å². The summed E-state index contributed by atoms with van der Waals surface area (Å²) in [4.78, 5) is 67.8. The molecule has 54 heavy (non-hydrogen) atoms.